The molecular formula is C18H18ClFO. The molecule has 2 rings (SSSR count). The third-order valence-electron chi connectivity index (χ3n) is 3.81. The number of hydrogen-bond acceptors (Lipinski definition) is 1. The summed E-state index contributed by atoms with van der Waals surface area (Å²) in [5.74, 6) is -0.0973. The van der Waals surface area contributed by atoms with Crippen LogP contribution in [0.15, 0.2) is 42.5 Å². The second kappa shape index (κ2) is 6.86. The van der Waals surface area contributed by atoms with Crippen molar-refractivity contribution in [2.24, 2.45) is 0 Å². The van der Waals surface area contributed by atoms with Gasteiger partial charge in [0.15, 0.2) is 5.78 Å². The lowest BCUT2D eigenvalue weighted by Crippen LogP contribution is -2.06. The Kier molecular flexibility index (Phi) is 5.13. The van der Waals surface area contributed by atoms with E-state index in [1.54, 1.807) is 18.2 Å². The van der Waals surface area contributed by atoms with Gasteiger partial charge < -0.3 is 0 Å². The quantitative estimate of drug-likeness (QED) is 0.674. The number of Topliss-reactive ketones (excluding diaryl/α,β-unsaturated/α-hetero) is 1. The molecule has 1 unspecified atom stereocenters. The molecule has 1 atom stereocenters. The van der Waals surface area contributed by atoms with E-state index in [4.69, 9.17) is 11.6 Å². The molecule has 0 spiro atoms. The first kappa shape index (κ1) is 15.7. The maximum absolute atomic E-state index is 13.7. The molecule has 0 aliphatic rings. The van der Waals surface area contributed by atoms with Gasteiger partial charge in [-0.25, -0.2) is 4.39 Å². The highest BCUT2D eigenvalue weighted by molar-refractivity contribution is 6.31. The highest BCUT2D eigenvalue weighted by Crippen LogP contribution is 2.22. The van der Waals surface area contributed by atoms with Gasteiger partial charge in [-0.1, -0.05) is 55.8 Å². The molecule has 0 saturated heterocycles. The molecule has 0 amide bonds. The lowest BCUT2D eigenvalue weighted by molar-refractivity contribution is 0.0992. The van der Waals surface area contributed by atoms with Crippen LogP contribution in [0.2, 0.25) is 5.02 Å². The van der Waals surface area contributed by atoms with Crippen molar-refractivity contribution < 1.29 is 9.18 Å². The molecule has 0 saturated carbocycles. The number of carbonyl (C=O) groups excluding carboxylic acids is 1. The topological polar surface area (TPSA) is 17.1 Å². The SMILES string of the molecule is CCC(C)c1ccc(C(=O)Cc2c(F)cccc2Cl)cc1. The number of halogens is 2. The Morgan fingerprint density at radius 1 is 1.19 bits per heavy atom. The van der Waals surface area contributed by atoms with Gasteiger partial charge in [0.1, 0.15) is 5.82 Å². The number of hydrogen-bond donors (Lipinski definition) is 0. The summed E-state index contributed by atoms with van der Waals surface area (Å²) in [6, 6.07) is 12.0. The van der Waals surface area contributed by atoms with E-state index in [1.165, 1.54) is 17.7 Å². The van der Waals surface area contributed by atoms with Crippen molar-refractivity contribution in [3.63, 3.8) is 0 Å². The molecular weight excluding hydrogens is 287 g/mol. The molecule has 0 aliphatic heterocycles. The summed E-state index contributed by atoms with van der Waals surface area (Å²) in [7, 11) is 0. The largest absolute Gasteiger partial charge is 0.294 e. The Balaban J connectivity index is 2.17. The van der Waals surface area contributed by atoms with Crippen molar-refractivity contribution in [3.05, 3.63) is 70.0 Å². The summed E-state index contributed by atoms with van der Waals surface area (Å²) in [5.41, 5.74) is 2.05. The van der Waals surface area contributed by atoms with Crippen molar-refractivity contribution in [2.45, 2.75) is 32.6 Å². The van der Waals surface area contributed by atoms with Gasteiger partial charge in [0.2, 0.25) is 0 Å². The fourth-order valence-corrected chi connectivity index (χ4v) is 2.43. The zero-order valence-electron chi connectivity index (χ0n) is 12.2. The van der Waals surface area contributed by atoms with Crippen LogP contribution in [0, 0.1) is 5.82 Å². The maximum atomic E-state index is 13.7. The van der Waals surface area contributed by atoms with Gasteiger partial charge >= 0.3 is 0 Å². The number of benzene rings is 2. The molecule has 0 N–H and O–H groups in total. The highest BCUT2D eigenvalue weighted by Gasteiger charge is 2.14. The zero-order valence-corrected chi connectivity index (χ0v) is 13.0. The van der Waals surface area contributed by atoms with E-state index >= 15 is 0 Å². The van der Waals surface area contributed by atoms with Crippen LogP contribution in [0.4, 0.5) is 4.39 Å². The Morgan fingerprint density at radius 2 is 1.86 bits per heavy atom. The summed E-state index contributed by atoms with van der Waals surface area (Å²) in [6.45, 7) is 4.28. The van der Waals surface area contributed by atoms with Crippen LogP contribution in [-0.2, 0) is 6.42 Å². The Labute approximate surface area is 129 Å². The molecule has 0 aliphatic carbocycles. The van der Waals surface area contributed by atoms with E-state index in [1.807, 2.05) is 12.1 Å². The average Bonchev–Trinajstić information content (AvgIpc) is 2.50. The molecule has 0 heterocycles. The lowest BCUT2D eigenvalue weighted by Gasteiger charge is -2.10. The van der Waals surface area contributed by atoms with E-state index < -0.39 is 5.82 Å². The van der Waals surface area contributed by atoms with E-state index in [0.29, 0.717) is 16.5 Å². The monoisotopic (exact) mass is 304 g/mol. The minimum atomic E-state index is -0.438. The number of ketones is 1. The van der Waals surface area contributed by atoms with Crippen molar-refractivity contribution in [1.82, 2.24) is 0 Å². The van der Waals surface area contributed by atoms with E-state index in [2.05, 4.69) is 13.8 Å². The fraction of sp³-hybridized carbons (Fsp3) is 0.278. The van der Waals surface area contributed by atoms with Gasteiger partial charge in [0.05, 0.1) is 0 Å². The lowest BCUT2D eigenvalue weighted by atomic mass is 9.95. The predicted octanol–water partition coefficient (Wildman–Crippen LogP) is 5.42. The molecule has 0 fully saturated rings. The third-order valence-corrected chi connectivity index (χ3v) is 4.17. The molecule has 2 aromatic rings. The van der Waals surface area contributed by atoms with Gasteiger partial charge in [-0.3, -0.25) is 4.79 Å². The standard InChI is InChI=1S/C18H18ClFO/c1-3-12(2)13-7-9-14(10-8-13)18(21)11-15-16(19)5-4-6-17(15)20/h4-10,12H,3,11H2,1-2H3. The van der Waals surface area contributed by atoms with Crippen LogP contribution in [0.3, 0.4) is 0 Å². The summed E-state index contributed by atoms with van der Waals surface area (Å²) < 4.78 is 13.7. The van der Waals surface area contributed by atoms with Crippen LogP contribution in [0.1, 0.15) is 47.7 Å². The molecule has 1 nitrogen and oxygen atoms in total. The molecule has 0 radical (unpaired) electrons. The van der Waals surface area contributed by atoms with Crippen molar-refractivity contribution >= 4 is 17.4 Å². The smallest absolute Gasteiger partial charge is 0.167 e. The highest BCUT2D eigenvalue weighted by atomic mass is 35.5. The van der Waals surface area contributed by atoms with Gasteiger partial charge in [-0.2, -0.15) is 0 Å². The molecule has 2 aromatic carbocycles. The third kappa shape index (κ3) is 3.70. The number of carbonyl (C=O) groups is 1. The molecule has 3 heteroatoms. The van der Waals surface area contributed by atoms with Crippen LogP contribution in [0.25, 0.3) is 0 Å². The second-order valence-corrected chi connectivity index (χ2v) is 5.64. The van der Waals surface area contributed by atoms with E-state index in [-0.39, 0.29) is 17.8 Å². The Bertz CT molecular complexity index is 614. The first-order valence-corrected chi connectivity index (χ1v) is 7.46. The first-order chi connectivity index (χ1) is 10.0. The van der Waals surface area contributed by atoms with E-state index in [9.17, 15) is 9.18 Å². The summed E-state index contributed by atoms with van der Waals surface area (Å²) in [5, 5.41) is 0.291. The van der Waals surface area contributed by atoms with Crippen molar-refractivity contribution in [3.8, 4) is 0 Å². The Morgan fingerprint density at radius 3 is 2.43 bits per heavy atom. The zero-order chi connectivity index (χ0) is 15.4. The average molecular weight is 305 g/mol. The normalized spacial score (nSPS) is 12.2. The van der Waals surface area contributed by atoms with Crippen molar-refractivity contribution in [1.29, 1.82) is 0 Å². The van der Waals surface area contributed by atoms with Gasteiger partial charge in [-0.05, 0) is 30.0 Å². The van der Waals surface area contributed by atoms with Gasteiger partial charge in [0.25, 0.3) is 0 Å². The van der Waals surface area contributed by atoms with Crippen LogP contribution in [0.5, 0.6) is 0 Å². The van der Waals surface area contributed by atoms with Crippen LogP contribution < -0.4 is 0 Å². The minimum Gasteiger partial charge on any atom is -0.294 e. The first-order valence-electron chi connectivity index (χ1n) is 7.09. The molecule has 21 heavy (non-hydrogen) atoms. The van der Waals surface area contributed by atoms with Crippen molar-refractivity contribution in [2.75, 3.05) is 0 Å². The van der Waals surface area contributed by atoms with E-state index in [0.717, 1.165) is 6.42 Å². The predicted molar refractivity (Wildman–Crippen MR) is 84.6 cm³/mol. The van der Waals surface area contributed by atoms with Crippen LogP contribution in [-0.4, -0.2) is 5.78 Å². The number of rotatable bonds is 5. The summed E-state index contributed by atoms with van der Waals surface area (Å²) in [4.78, 5) is 12.2. The maximum Gasteiger partial charge on any atom is 0.167 e. The molecule has 0 aromatic heterocycles. The molecule has 110 valence electrons. The summed E-state index contributed by atoms with van der Waals surface area (Å²) >= 11 is 5.95. The fourth-order valence-electron chi connectivity index (χ4n) is 2.20. The van der Waals surface area contributed by atoms with Crippen LogP contribution >= 0.6 is 11.6 Å². The molecule has 0 bridgehead atoms. The van der Waals surface area contributed by atoms with Gasteiger partial charge in [0, 0.05) is 22.6 Å². The second-order valence-electron chi connectivity index (χ2n) is 5.23. The Hall–Kier alpha value is -1.67. The van der Waals surface area contributed by atoms with Gasteiger partial charge in [-0.15, -0.1) is 0 Å². The minimum absolute atomic E-state index is 0.0197. The summed E-state index contributed by atoms with van der Waals surface area (Å²) in [6.07, 6.45) is 1.03.